The van der Waals surface area contributed by atoms with Crippen LogP contribution >= 0.6 is 0 Å². The molecule has 0 aromatic carbocycles. The van der Waals surface area contributed by atoms with Crippen molar-refractivity contribution >= 4 is 16.0 Å². The number of carboxylic acid groups (broad SMARTS) is 1. The maximum atomic E-state index is 11.8. The van der Waals surface area contributed by atoms with Crippen LogP contribution in [0.15, 0.2) is 11.2 Å². The molecule has 0 bridgehead atoms. The second-order valence-electron chi connectivity index (χ2n) is 3.84. The standard InChI is InChI=1S/C10H17N3O4S/c1-3-7(10(14)15)5-12-18(16,17)9-6-11-8(4-2)13-9/h6-7,12H,3-5H2,1-2H3,(H,11,13)(H,14,15). The summed E-state index contributed by atoms with van der Waals surface area (Å²) in [6.07, 6.45) is 2.19. The van der Waals surface area contributed by atoms with Crippen LogP contribution in [-0.2, 0) is 21.2 Å². The van der Waals surface area contributed by atoms with Gasteiger partial charge in [-0.3, -0.25) is 4.79 Å². The minimum atomic E-state index is -3.72. The number of imidazole rings is 1. The minimum absolute atomic E-state index is 0.0420. The number of hydrogen-bond donors (Lipinski definition) is 3. The fraction of sp³-hybridized carbons (Fsp3) is 0.600. The molecule has 1 aromatic rings. The average molecular weight is 275 g/mol. The molecule has 1 atom stereocenters. The van der Waals surface area contributed by atoms with Gasteiger partial charge in [0.15, 0.2) is 5.03 Å². The quantitative estimate of drug-likeness (QED) is 0.665. The summed E-state index contributed by atoms with van der Waals surface area (Å²) in [6.45, 7) is 3.41. The molecule has 0 radical (unpaired) electrons. The van der Waals surface area contributed by atoms with Crippen molar-refractivity contribution in [2.24, 2.45) is 5.92 Å². The minimum Gasteiger partial charge on any atom is -0.481 e. The van der Waals surface area contributed by atoms with Gasteiger partial charge in [-0.2, -0.15) is 0 Å². The molecule has 7 nitrogen and oxygen atoms in total. The van der Waals surface area contributed by atoms with Crippen LogP contribution in [0.25, 0.3) is 0 Å². The molecule has 0 saturated heterocycles. The van der Waals surface area contributed by atoms with Crippen LogP contribution in [0.4, 0.5) is 0 Å². The molecule has 1 rings (SSSR count). The molecule has 0 aliphatic carbocycles. The summed E-state index contributed by atoms with van der Waals surface area (Å²) in [5.41, 5.74) is 0. The van der Waals surface area contributed by atoms with E-state index in [1.54, 1.807) is 6.92 Å². The first-order valence-electron chi connectivity index (χ1n) is 5.67. The lowest BCUT2D eigenvalue weighted by atomic mass is 10.1. The van der Waals surface area contributed by atoms with Gasteiger partial charge in [0.2, 0.25) is 0 Å². The molecule has 3 N–H and O–H groups in total. The van der Waals surface area contributed by atoms with Gasteiger partial charge in [-0.05, 0) is 6.42 Å². The molecule has 0 saturated carbocycles. The number of sulfonamides is 1. The number of aryl methyl sites for hydroxylation is 1. The summed E-state index contributed by atoms with van der Waals surface area (Å²) in [5, 5.41) is 8.79. The van der Waals surface area contributed by atoms with Crippen molar-refractivity contribution in [2.75, 3.05) is 6.54 Å². The van der Waals surface area contributed by atoms with Crippen molar-refractivity contribution in [3.05, 3.63) is 12.0 Å². The predicted molar refractivity (Wildman–Crippen MR) is 64.6 cm³/mol. The van der Waals surface area contributed by atoms with Crippen molar-refractivity contribution in [2.45, 2.75) is 31.7 Å². The van der Waals surface area contributed by atoms with Gasteiger partial charge < -0.3 is 10.1 Å². The number of aliphatic carboxylic acids is 1. The maximum absolute atomic E-state index is 11.8. The van der Waals surface area contributed by atoms with E-state index in [0.29, 0.717) is 18.7 Å². The van der Waals surface area contributed by atoms with E-state index in [4.69, 9.17) is 5.11 Å². The summed E-state index contributed by atoms with van der Waals surface area (Å²) < 4.78 is 25.9. The van der Waals surface area contributed by atoms with E-state index in [9.17, 15) is 13.2 Å². The highest BCUT2D eigenvalue weighted by Crippen LogP contribution is 2.08. The third-order valence-corrected chi connectivity index (χ3v) is 3.92. The topological polar surface area (TPSA) is 112 Å². The molecule has 0 fully saturated rings. The number of hydrogen-bond acceptors (Lipinski definition) is 4. The van der Waals surface area contributed by atoms with Gasteiger partial charge in [0, 0.05) is 13.0 Å². The van der Waals surface area contributed by atoms with Gasteiger partial charge in [-0.25, -0.2) is 18.1 Å². The molecule has 0 aliphatic rings. The van der Waals surface area contributed by atoms with Crippen LogP contribution in [-0.4, -0.2) is 36.0 Å². The highest BCUT2D eigenvalue weighted by atomic mass is 32.2. The summed E-state index contributed by atoms with van der Waals surface area (Å²) in [7, 11) is -3.72. The van der Waals surface area contributed by atoms with Crippen LogP contribution < -0.4 is 4.72 Å². The zero-order chi connectivity index (χ0) is 13.8. The van der Waals surface area contributed by atoms with Crippen molar-refractivity contribution in [3.8, 4) is 0 Å². The number of carboxylic acids is 1. The Bertz CT molecular complexity index is 509. The van der Waals surface area contributed by atoms with E-state index in [0.717, 1.165) is 0 Å². The predicted octanol–water partition coefficient (Wildman–Crippen LogP) is 0.361. The molecular formula is C10H17N3O4S. The molecule has 0 aliphatic heterocycles. The third kappa shape index (κ3) is 3.54. The van der Waals surface area contributed by atoms with Crippen LogP contribution in [0.1, 0.15) is 26.1 Å². The summed E-state index contributed by atoms with van der Waals surface area (Å²) in [6, 6.07) is 0. The zero-order valence-electron chi connectivity index (χ0n) is 10.3. The number of H-pyrrole nitrogens is 1. The Morgan fingerprint density at radius 3 is 2.67 bits per heavy atom. The first kappa shape index (κ1) is 14.7. The van der Waals surface area contributed by atoms with Gasteiger partial charge in [0.05, 0.1) is 12.1 Å². The molecule has 1 aromatic heterocycles. The molecule has 0 amide bonds. The summed E-state index contributed by atoms with van der Waals surface area (Å²) in [4.78, 5) is 17.3. The Balaban J connectivity index is 2.73. The maximum Gasteiger partial charge on any atom is 0.307 e. The summed E-state index contributed by atoms with van der Waals surface area (Å²) in [5.74, 6) is -1.17. The van der Waals surface area contributed by atoms with E-state index in [2.05, 4.69) is 14.7 Å². The molecule has 0 spiro atoms. The first-order valence-corrected chi connectivity index (χ1v) is 7.15. The Morgan fingerprint density at radius 1 is 1.56 bits per heavy atom. The van der Waals surface area contributed by atoms with Crippen molar-refractivity contribution in [1.82, 2.24) is 14.7 Å². The second kappa shape index (κ2) is 5.96. The fourth-order valence-electron chi connectivity index (χ4n) is 1.35. The largest absolute Gasteiger partial charge is 0.481 e. The van der Waals surface area contributed by atoms with Gasteiger partial charge >= 0.3 is 5.97 Å². The van der Waals surface area contributed by atoms with Crippen LogP contribution in [0, 0.1) is 5.92 Å². The van der Waals surface area contributed by atoms with Gasteiger partial charge in [-0.15, -0.1) is 0 Å². The molecule has 102 valence electrons. The van der Waals surface area contributed by atoms with Crippen LogP contribution in [0.2, 0.25) is 0 Å². The molecule has 1 unspecified atom stereocenters. The lowest BCUT2D eigenvalue weighted by molar-refractivity contribution is -0.141. The van der Waals surface area contributed by atoms with E-state index in [-0.39, 0.29) is 11.6 Å². The average Bonchev–Trinajstić information content (AvgIpc) is 2.78. The van der Waals surface area contributed by atoms with Gasteiger partial charge in [-0.1, -0.05) is 13.8 Å². The monoisotopic (exact) mass is 275 g/mol. The number of carbonyl (C=O) groups is 1. The van der Waals surface area contributed by atoms with Crippen LogP contribution in [0.3, 0.4) is 0 Å². The molecular weight excluding hydrogens is 258 g/mol. The van der Waals surface area contributed by atoms with E-state index in [1.165, 1.54) is 6.20 Å². The number of nitrogens with zero attached hydrogens (tertiary/aromatic N) is 1. The first-order chi connectivity index (χ1) is 8.40. The highest BCUT2D eigenvalue weighted by Gasteiger charge is 2.21. The normalized spacial score (nSPS) is 13.4. The Hall–Kier alpha value is -1.41. The molecule has 18 heavy (non-hydrogen) atoms. The number of rotatable bonds is 7. The number of aromatic amines is 1. The third-order valence-electron chi connectivity index (χ3n) is 2.59. The zero-order valence-corrected chi connectivity index (χ0v) is 11.1. The Morgan fingerprint density at radius 2 is 2.22 bits per heavy atom. The molecule has 8 heteroatoms. The SMILES string of the molecule is CCc1ncc(S(=O)(=O)NCC(CC)C(=O)O)[nH]1. The highest BCUT2D eigenvalue weighted by molar-refractivity contribution is 7.89. The lowest BCUT2D eigenvalue weighted by Gasteiger charge is -2.10. The molecule has 1 heterocycles. The Labute approximate surface area is 106 Å². The second-order valence-corrected chi connectivity index (χ2v) is 5.58. The van der Waals surface area contributed by atoms with Gasteiger partial charge in [0.1, 0.15) is 5.82 Å². The Kier molecular flexibility index (Phi) is 4.85. The van der Waals surface area contributed by atoms with E-state index < -0.39 is 21.9 Å². The van der Waals surface area contributed by atoms with E-state index in [1.807, 2.05) is 6.92 Å². The fourth-order valence-corrected chi connectivity index (χ4v) is 2.37. The van der Waals surface area contributed by atoms with E-state index >= 15 is 0 Å². The lowest BCUT2D eigenvalue weighted by Crippen LogP contribution is -2.32. The summed E-state index contributed by atoms with van der Waals surface area (Å²) >= 11 is 0. The number of nitrogens with one attached hydrogen (secondary N) is 2. The van der Waals surface area contributed by atoms with Crippen LogP contribution in [0.5, 0.6) is 0 Å². The smallest absolute Gasteiger partial charge is 0.307 e. The van der Waals surface area contributed by atoms with Crippen molar-refractivity contribution in [1.29, 1.82) is 0 Å². The van der Waals surface area contributed by atoms with Crippen molar-refractivity contribution in [3.63, 3.8) is 0 Å². The van der Waals surface area contributed by atoms with Crippen molar-refractivity contribution < 1.29 is 18.3 Å². The number of aromatic nitrogens is 2. The van der Waals surface area contributed by atoms with Gasteiger partial charge in [0.25, 0.3) is 10.0 Å².